The lowest BCUT2D eigenvalue weighted by Crippen LogP contribution is -2.31. The van der Waals surface area contributed by atoms with E-state index in [1.165, 1.54) is 38.5 Å². The maximum absolute atomic E-state index is 5.60. The van der Waals surface area contributed by atoms with Gasteiger partial charge in [-0.3, -0.25) is 0 Å². The van der Waals surface area contributed by atoms with Crippen LogP contribution in [0.4, 0.5) is 11.6 Å². The summed E-state index contributed by atoms with van der Waals surface area (Å²) in [5.74, 6) is 9.50. The number of nitrogens with two attached hydrogens (primary N) is 1. The predicted molar refractivity (Wildman–Crippen MR) is 81.6 cm³/mol. The second-order valence-electron chi connectivity index (χ2n) is 6.34. The summed E-state index contributed by atoms with van der Waals surface area (Å²) in [6, 6.07) is 0.523. The fourth-order valence-corrected chi connectivity index (χ4v) is 3.05. The zero-order valence-corrected chi connectivity index (χ0v) is 12.4. The van der Waals surface area contributed by atoms with Crippen molar-refractivity contribution in [2.24, 2.45) is 11.8 Å². The van der Waals surface area contributed by atoms with Crippen LogP contribution < -0.4 is 16.6 Å². The molecule has 2 fully saturated rings. The Hall–Kier alpha value is -1.36. The Morgan fingerprint density at radius 1 is 1.05 bits per heavy atom. The molecule has 0 saturated heterocycles. The van der Waals surface area contributed by atoms with E-state index in [2.05, 4.69) is 22.7 Å². The molecule has 5 nitrogen and oxygen atoms in total. The first-order valence-electron chi connectivity index (χ1n) is 7.80. The van der Waals surface area contributed by atoms with Crippen LogP contribution in [0.1, 0.15) is 62.8 Å². The Morgan fingerprint density at radius 2 is 1.75 bits per heavy atom. The average Bonchev–Trinajstić information content (AvgIpc) is 3.28. The number of anilines is 2. The highest BCUT2D eigenvalue weighted by Crippen LogP contribution is 2.39. The van der Waals surface area contributed by atoms with Crippen molar-refractivity contribution >= 4 is 11.6 Å². The maximum atomic E-state index is 5.60. The monoisotopic (exact) mass is 275 g/mol. The lowest BCUT2D eigenvalue weighted by Gasteiger charge is -2.30. The van der Waals surface area contributed by atoms with Crippen molar-refractivity contribution in [1.29, 1.82) is 0 Å². The number of hydrogen-bond acceptors (Lipinski definition) is 5. The molecule has 2 saturated carbocycles. The minimum absolute atomic E-state index is 0.523. The lowest BCUT2D eigenvalue weighted by molar-refractivity contribution is 0.349. The maximum Gasteiger partial charge on any atom is 0.148 e. The van der Waals surface area contributed by atoms with E-state index in [1.54, 1.807) is 0 Å². The Morgan fingerprint density at radius 3 is 2.40 bits per heavy atom. The summed E-state index contributed by atoms with van der Waals surface area (Å²) in [5, 5.41) is 3.65. The highest BCUT2D eigenvalue weighted by molar-refractivity contribution is 5.57. The third-order valence-corrected chi connectivity index (χ3v) is 4.68. The van der Waals surface area contributed by atoms with Crippen molar-refractivity contribution in [2.75, 3.05) is 10.7 Å². The molecular weight excluding hydrogens is 250 g/mol. The summed E-state index contributed by atoms with van der Waals surface area (Å²) in [5.41, 5.74) is 3.74. The molecule has 0 radical (unpaired) electrons. The van der Waals surface area contributed by atoms with E-state index in [9.17, 15) is 0 Å². The Bertz CT molecular complexity index is 483. The minimum Gasteiger partial charge on any atom is -0.367 e. The second kappa shape index (κ2) is 5.56. The fourth-order valence-electron chi connectivity index (χ4n) is 3.05. The quantitative estimate of drug-likeness (QED) is 0.582. The van der Waals surface area contributed by atoms with Crippen molar-refractivity contribution in [2.45, 2.75) is 64.3 Å². The van der Waals surface area contributed by atoms with Crippen LogP contribution in [0.2, 0.25) is 0 Å². The number of rotatable bonds is 4. The van der Waals surface area contributed by atoms with Gasteiger partial charge in [-0.15, -0.1) is 0 Å². The molecule has 2 aliphatic carbocycles. The number of hydrazine groups is 1. The summed E-state index contributed by atoms with van der Waals surface area (Å²) >= 11 is 0. The normalized spacial score (nSPS) is 26.4. The molecule has 110 valence electrons. The average molecular weight is 275 g/mol. The number of aromatic nitrogens is 2. The van der Waals surface area contributed by atoms with Gasteiger partial charge in [0.1, 0.15) is 17.5 Å². The Labute approximate surface area is 120 Å². The molecule has 2 unspecified atom stereocenters. The standard InChI is InChI=1S/C15H25N5/c1-9-5-3-4-6-12(9)17-13-10(2)14(20-16)19-15(18-13)11-7-8-11/h9,11-12H,3-8,16H2,1-2H3,(H2,17,18,19,20). The molecule has 2 aliphatic rings. The van der Waals surface area contributed by atoms with Gasteiger partial charge in [0, 0.05) is 17.5 Å². The van der Waals surface area contributed by atoms with Crippen molar-refractivity contribution in [3.63, 3.8) is 0 Å². The summed E-state index contributed by atoms with van der Waals surface area (Å²) in [6.45, 7) is 4.36. The van der Waals surface area contributed by atoms with E-state index in [1.807, 2.05) is 6.92 Å². The van der Waals surface area contributed by atoms with Crippen LogP contribution >= 0.6 is 0 Å². The SMILES string of the molecule is Cc1c(NN)nc(C2CC2)nc1NC1CCCCC1C. The molecule has 2 atom stereocenters. The number of nitrogens with one attached hydrogen (secondary N) is 2. The van der Waals surface area contributed by atoms with Gasteiger partial charge >= 0.3 is 0 Å². The van der Waals surface area contributed by atoms with Crippen LogP contribution in [0.15, 0.2) is 0 Å². The van der Waals surface area contributed by atoms with Gasteiger partial charge in [-0.1, -0.05) is 19.8 Å². The molecule has 5 heteroatoms. The third kappa shape index (κ3) is 2.73. The van der Waals surface area contributed by atoms with Crippen molar-refractivity contribution in [3.05, 3.63) is 11.4 Å². The zero-order valence-electron chi connectivity index (χ0n) is 12.4. The molecule has 0 spiro atoms. The Kier molecular flexibility index (Phi) is 3.78. The Balaban J connectivity index is 1.85. The molecule has 20 heavy (non-hydrogen) atoms. The fraction of sp³-hybridized carbons (Fsp3) is 0.733. The molecule has 0 bridgehead atoms. The molecule has 3 rings (SSSR count). The van der Waals surface area contributed by atoms with Crippen LogP contribution in [0.3, 0.4) is 0 Å². The topological polar surface area (TPSA) is 75.9 Å². The van der Waals surface area contributed by atoms with Crippen LogP contribution in [0.5, 0.6) is 0 Å². The van der Waals surface area contributed by atoms with E-state index in [0.717, 1.165) is 23.0 Å². The van der Waals surface area contributed by atoms with Gasteiger partial charge in [0.15, 0.2) is 0 Å². The molecule has 4 N–H and O–H groups in total. The molecule has 0 amide bonds. The van der Waals surface area contributed by atoms with E-state index < -0.39 is 0 Å². The summed E-state index contributed by atoms with van der Waals surface area (Å²) in [6.07, 6.45) is 7.60. The summed E-state index contributed by atoms with van der Waals surface area (Å²) < 4.78 is 0. The van der Waals surface area contributed by atoms with Gasteiger partial charge in [-0.2, -0.15) is 0 Å². The first-order chi connectivity index (χ1) is 9.69. The molecular formula is C15H25N5. The van der Waals surface area contributed by atoms with E-state index in [-0.39, 0.29) is 0 Å². The smallest absolute Gasteiger partial charge is 0.148 e. The van der Waals surface area contributed by atoms with Crippen molar-refractivity contribution in [3.8, 4) is 0 Å². The van der Waals surface area contributed by atoms with Gasteiger partial charge < -0.3 is 10.7 Å². The molecule has 0 aliphatic heterocycles. The molecule has 1 aromatic rings. The molecule has 1 aromatic heterocycles. The molecule has 0 aromatic carbocycles. The highest BCUT2D eigenvalue weighted by Gasteiger charge is 2.29. The first kappa shape index (κ1) is 13.6. The largest absolute Gasteiger partial charge is 0.367 e. The van der Waals surface area contributed by atoms with Crippen LogP contribution in [0.25, 0.3) is 0 Å². The third-order valence-electron chi connectivity index (χ3n) is 4.68. The van der Waals surface area contributed by atoms with E-state index >= 15 is 0 Å². The minimum atomic E-state index is 0.523. The second-order valence-corrected chi connectivity index (χ2v) is 6.34. The summed E-state index contributed by atoms with van der Waals surface area (Å²) in [7, 11) is 0. The van der Waals surface area contributed by atoms with Crippen LogP contribution in [0, 0.1) is 12.8 Å². The van der Waals surface area contributed by atoms with E-state index in [0.29, 0.717) is 17.9 Å². The van der Waals surface area contributed by atoms with Gasteiger partial charge in [0.25, 0.3) is 0 Å². The number of hydrogen-bond donors (Lipinski definition) is 3. The zero-order chi connectivity index (χ0) is 14.1. The van der Waals surface area contributed by atoms with Crippen molar-refractivity contribution in [1.82, 2.24) is 9.97 Å². The summed E-state index contributed by atoms with van der Waals surface area (Å²) in [4.78, 5) is 9.29. The number of nitrogens with zero attached hydrogens (tertiary/aromatic N) is 2. The van der Waals surface area contributed by atoms with Gasteiger partial charge in [0.2, 0.25) is 0 Å². The lowest BCUT2D eigenvalue weighted by atomic mass is 9.86. The highest BCUT2D eigenvalue weighted by atomic mass is 15.3. The van der Waals surface area contributed by atoms with Crippen LogP contribution in [-0.4, -0.2) is 16.0 Å². The van der Waals surface area contributed by atoms with Crippen LogP contribution in [-0.2, 0) is 0 Å². The van der Waals surface area contributed by atoms with Crippen molar-refractivity contribution < 1.29 is 0 Å². The van der Waals surface area contributed by atoms with Gasteiger partial charge in [-0.25, -0.2) is 15.8 Å². The van der Waals surface area contributed by atoms with Gasteiger partial charge in [0.05, 0.1) is 0 Å². The van der Waals surface area contributed by atoms with E-state index in [4.69, 9.17) is 10.8 Å². The molecule has 1 heterocycles. The first-order valence-corrected chi connectivity index (χ1v) is 7.80. The predicted octanol–water partition coefficient (Wildman–Crippen LogP) is 2.94. The number of nitrogen functional groups attached to an aromatic ring is 1. The van der Waals surface area contributed by atoms with Gasteiger partial charge in [-0.05, 0) is 38.5 Å².